The smallest absolute Gasteiger partial charge is 0.217 e. The average Bonchev–Trinajstić information content (AvgIpc) is 2.89. The molecule has 1 aliphatic heterocycles. The molecule has 3 nitrogen and oxygen atoms in total. The lowest BCUT2D eigenvalue weighted by Gasteiger charge is -2.39. The van der Waals surface area contributed by atoms with Gasteiger partial charge in [-0.3, -0.25) is 4.79 Å². The van der Waals surface area contributed by atoms with E-state index in [1.54, 1.807) is 6.92 Å². The predicted octanol–water partition coefficient (Wildman–Crippen LogP) is 3.10. The summed E-state index contributed by atoms with van der Waals surface area (Å²) < 4.78 is 0. The van der Waals surface area contributed by atoms with E-state index in [1.807, 2.05) is 0 Å². The van der Waals surface area contributed by atoms with Gasteiger partial charge in [0.15, 0.2) is 0 Å². The van der Waals surface area contributed by atoms with Gasteiger partial charge in [0.05, 0.1) is 0 Å². The maximum atomic E-state index is 11.4. The molecule has 2 N–H and O–H groups in total. The van der Waals surface area contributed by atoms with Crippen molar-refractivity contribution in [2.45, 2.75) is 71.3 Å². The maximum absolute atomic E-state index is 11.4. The molecule has 20 heavy (non-hydrogen) atoms. The van der Waals surface area contributed by atoms with E-state index in [-0.39, 0.29) is 11.4 Å². The monoisotopic (exact) mass is 280 g/mol. The minimum Gasteiger partial charge on any atom is -0.351 e. The molecule has 1 unspecified atom stereocenters. The molecule has 0 bridgehead atoms. The van der Waals surface area contributed by atoms with Crippen LogP contribution in [0.2, 0.25) is 0 Å². The Morgan fingerprint density at radius 3 is 2.25 bits per heavy atom. The average molecular weight is 280 g/mol. The summed E-state index contributed by atoms with van der Waals surface area (Å²) in [7, 11) is 0. The molecule has 116 valence electrons. The van der Waals surface area contributed by atoms with Gasteiger partial charge in [0, 0.05) is 12.5 Å². The third-order valence-corrected chi connectivity index (χ3v) is 5.26. The van der Waals surface area contributed by atoms with Crippen LogP contribution in [0.4, 0.5) is 0 Å². The zero-order chi connectivity index (χ0) is 14.6. The number of hydrogen-bond acceptors (Lipinski definition) is 2. The van der Waals surface area contributed by atoms with Crippen LogP contribution < -0.4 is 10.6 Å². The molecule has 2 rings (SSSR count). The van der Waals surface area contributed by atoms with Crippen molar-refractivity contribution < 1.29 is 4.79 Å². The number of nitrogens with one attached hydrogen (secondary N) is 2. The number of carbonyl (C=O) groups is 1. The summed E-state index contributed by atoms with van der Waals surface area (Å²) >= 11 is 0. The Morgan fingerprint density at radius 1 is 1.15 bits per heavy atom. The van der Waals surface area contributed by atoms with Crippen molar-refractivity contribution in [3.63, 3.8) is 0 Å². The SMILES string of the molecule is CC(=O)NC(C)(C)CC(C1CCCC1)C1CCNCC1. The van der Waals surface area contributed by atoms with E-state index < -0.39 is 0 Å². The fourth-order valence-corrected chi connectivity index (χ4v) is 4.49. The first-order valence-corrected chi connectivity index (χ1v) is 8.47. The van der Waals surface area contributed by atoms with E-state index in [9.17, 15) is 4.79 Å². The standard InChI is InChI=1S/C17H32N2O/c1-13(20)19-17(2,3)12-16(14-6-4-5-7-14)15-8-10-18-11-9-15/h14-16,18H,4-12H2,1-3H3,(H,19,20). The zero-order valence-corrected chi connectivity index (χ0v) is 13.5. The predicted molar refractivity (Wildman–Crippen MR) is 83.6 cm³/mol. The Hall–Kier alpha value is -0.570. The summed E-state index contributed by atoms with van der Waals surface area (Å²) in [4.78, 5) is 11.4. The van der Waals surface area contributed by atoms with Crippen LogP contribution in [-0.2, 0) is 4.79 Å². The Bertz CT molecular complexity index is 315. The van der Waals surface area contributed by atoms with Gasteiger partial charge in [-0.05, 0) is 64.0 Å². The molecular formula is C17H32N2O. The Balaban J connectivity index is 2.03. The van der Waals surface area contributed by atoms with Gasteiger partial charge in [0.2, 0.25) is 5.91 Å². The normalized spacial score (nSPS) is 23.8. The van der Waals surface area contributed by atoms with Crippen LogP contribution in [0.5, 0.6) is 0 Å². The summed E-state index contributed by atoms with van der Waals surface area (Å²) in [5.74, 6) is 2.64. The van der Waals surface area contributed by atoms with E-state index in [1.165, 1.54) is 51.6 Å². The largest absolute Gasteiger partial charge is 0.351 e. The van der Waals surface area contributed by atoms with Gasteiger partial charge in [-0.25, -0.2) is 0 Å². The maximum Gasteiger partial charge on any atom is 0.217 e. The third kappa shape index (κ3) is 4.47. The molecule has 3 heteroatoms. The molecule has 0 aromatic carbocycles. The summed E-state index contributed by atoms with van der Waals surface area (Å²) in [5, 5.41) is 6.64. The topological polar surface area (TPSA) is 41.1 Å². The highest BCUT2D eigenvalue weighted by molar-refractivity contribution is 5.73. The molecule has 1 atom stereocenters. The van der Waals surface area contributed by atoms with Gasteiger partial charge in [-0.1, -0.05) is 25.7 Å². The zero-order valence-electron chi connectivity index (χ0n) is 13.5. The number of hydrogen-bond donors (Lipinski definition) is 2. The molecule has 0 radical (unpaired) electrons. The number of rotatable bonds is 5. The van der Waals surface area contributed by atoms with Gasteiger partial charge in [-0.15, -0.1) is 0 Å². The quantitative estimate of drug-likeness (QED) is 0.812. The van der Waals surface area contributed by atoms with Crippen molar-refractivity contribution in [3.05, 3.63) is 0 Å². The lowest BCUT2D eigenvalue weighted by molar-refractivity contribution is -0.120. The van der Waals surface area contributed by atoms with Gasteiger partial charge in [0.25, 0.3) is 0 Å². The lowest BCUT2D eigenvalue weighted by Crippen LogP contribution is -2.46. The lowest BCUT2D eigenvalue weighted by atomic mass is 9.71. The van der Waals surface area contributed by atoms with E-state index in [0.717, 1.165) is 24.2 Å². The van der Waals surface area contributed by atoms with E-state index >= 15 is 0 Å². The van der Waals surface area contributed by atoms with Crippen molar-refractivity contribution >= 4 is 5.91 Å². The van der Waals surface area contributed by atoms with Crippen molar-refractivity contribution in [1.29, 1.82) is 0 Å². The minimum atomic E-state index is -0.0655. The summed E-state index contributed by atoms with van der Waals surface area (Å²) in [6.45, 7) is 8.37. The number of piperidine rings is 1. The second kappa shape index (κ2) is 6.93. The van der Waals surface area contributed by atoms with Crippen LogP contribution in [0.15, 0.2) is 0 Å². The Kier molecular flexibility index (Phi) is 5.48. The van der Waals surface area contributed by atoms with Crippen molar-refractivity contribution in [3.8, 4) is 0 Å². The van der Waals surface area contributed by atoms with Gasteiger partial charge >= 0.3 is 0 Å². The fourth-order valence-electron chi connectivity index (χ4n) is 4.49. The van der Waals surface area contributed by atoms with Crippen molar-refractivity contribution in [2.75, 3.05) is 13.1 Å². The van der Waals surface area contributed by atoms with Crippen LogP contribution in [-0.4, -0.2) is 24.5 Å². The molecule has 1 saturated heterocycles. The highest BCUT2D eigenvalue weighted by Gasteiger charge is 2.36. The van der Waals surface area contributed by atoms with Crippen molar-refractivity contribution in [2.24, 2.45) is 17.8 Å². The molecule has 0 aromatic heterocycles. The van der Waals surface area contributed by atoms with Gasteiger partial charge < -0.3 is 10.6 Å². The first-order valence-electron chi connectivity index (χ1n) is 8.47. The highest BCUT2D eigenvalue weighted by atomic mass is 16.1. The third-order valence-electron chi connectivity index (χ3n) is 5.26. The number of carbonyl (C=O) groups excluding carboxylic acids is 1. The molecule has 1 aliphatic carbocycles. The Morgan fingerprint density at radius 2 is 1.70 bits per heavy atom. The summed E-state index contributed by atoms with van der Waals surface area (Å²) in [5.41, 5.74) is -0.0655. The molecule has 0 spiro atoms. The molecule has 2 fully saturated rings. The number of amides is 1. The van der Waals surface area contributed by atoms with Crippen LogP contribution in [0.1, 0.15) is 65.7 Å². The molecule has 1 heterocycles. The highest BCUT2D eigenvalue weighted by Crippen LogP contribution is 2.42. The summed E-state index contributed by atoms with van der Waals surface area (Å²) in [6, 6.07) is 0. The van der Waals surface area contributed by atoms with E-state index in [4.69, 9.17) is 0 Å². The van der Waals surface area contributed by atoms with Crippen molar-refractivity contribution in [1.82, 2.24) is 10.6 Å². The second-order valence-corrected chi connectivity index (χ2v) is 7.57. The molecule has 2 aliphatic rings. The first-order chi connectivity index (χ1) is 9.48. The van der Waals surface area contributed by atoms with Crippen LogP contribution in [0.3, 0.4) is 0 Å². The second-order valence-electron chi connectivity index (χ2n) is 7.57. The van der Waals surface area contributed by atoms with Gasteiger partial charge in [-0.2, -0.15) is 0 Å². The van der Waals surface area contributed by atoms with E-state index in [0.29, 0.717) is 0 Å². The Labute approximate surface area is 124 Å². The molecule has 1 amide bonds. The molecule has 0 aromatic rings. The van der Waals surface area contributed by atoms with Crippen LogP contribution in [0, 0.1) is 17.8 Å². The van der Waals surface area contributed by atoms with Crippen LogP contribution >= 0.6 is 0 Å². The van der Waals surface area contributed by atoms with Crippen LogP contribution in [0.25, 0.3) is 0 Å². The first kappa shape index (κ1) is 15.8. The summed E-state index contributed by atoms with van der Waals surface area (Å²) in [6.07, 6.45) is 9.41. The molecule has 1 saturated carbocycles. The minimum absolute atomic E-state index is 0.0655. The fraction of sp³-hybridized carbons (Fsp3) is 0.941. The van der Waals surface area contributed by atoms with E-state index in [2.05, 4.69) is 24.5 Å². The molecular weight excluding hydrogens is 248 g/mol. The van der Waals surface area contributed by atoms with Gasteiger partial charge in [0.1, 0.15) is 0 Å².